The van der Waals surface area contributed by atoms with Crippen LogP contribution in [0.3, 0.4) is 0 Å². The standard InChI is InChI=1S/C12H12N2O2/c1-8-10(9-3-2-4-13-5-9)6-14-12(8)11(16)7-15/h2-6,14-15H,7H2,1H3. The summed E-state index contributed by atoms with van der Waals surface area (Å²) >= 11 is 0. The van der Waals surface area contributed by atoms with Gasteiger partial charge in [-0.25, -0.2) is 0 Å². The molecule has 2 aromatic rings. The van der Waals surface area contributed by atoms with Crippen molar-refractivity contribution >= 4 is 5.78 Å². The molecule has 0 amide bonds. The Balaban J connectivity index is 2.45. The second-order valence-electron chi connectivity index (χ2n) is 3.53. The normalized spacial score (nSPS) is 10.4. The van der Waals surface area contributed by atoms with E-state index in [9.17, 15) is 4.79 Å². The largest absolute Gasteiger partial charge is 0.388 e. The Morgan fingerprint density at radius 3 is 3.00 bits per heavy atom. The number of hydrogen-bond acceptors (Lipinski definition) is 3. The second kappa shape index (κ2) is 4.28. The average molecular weight is 216 g/mol. The predicted molar refractivity (Wildman–Crippen MR) is 60.2 cm³/mol. The molecule has 0 aliphatic heterocycles. The molecule has 4 nitrogen and oxygen atoms in total. The molecule has 0 saturated carbocycles. The predicted octanol–water partition coefficient (Wildman–Crippen LogP) is 1.56. The SMILES string of the molecule is Cc1c(-c2cccnc2)c[nH]c1C(=O)CO. The summed E-state index contributed by atoms with van der Waals surface area (Å²) in [6.45, 7) is 1.37. The lowest BCUT2D eigenvalue weighted by atomic mass is 10.0. The quantitative estimate of drug-likeness (QED) is 0.765. The minimum Gasteiger partial charge on any atom is -0.388 e. The zero-order chi connectivity index (χ0) is 11.5. The summed E-state index contributed by atoms with van der Waals surface area (Å²) in [6.07, 6.45) is 5.20. The number of nitrogens with one attached hydrogen (secondary N) is 1. The summed E-state index contributed by atoms with van der Waals surface area (Å²) in [5.74, 6) is -0.298. The molecule has 16 heavy (non-hydrogen) atoms. The van der Waals surface area contributed by atoms with E-state index in [1.165, 1.54) is 0 Å². The van der Waals surface area contributed by atoms with E-state index in [0.29, 0.717) is 5.69 Å². The maximum Gasteiger partial charge on any atom is 0.204 e. The molecule has 0 unspecified atom stereocenters. The number of ketones is 1. The topological polar surface area (TPSA) is 66.0 Å². The van der Waals surface area contributed by atoms with Crippen LogP contribution in [-0.2, 0) is 0 Å². The number of carbonyl (C=O) groups is 1. The summed E-state index contributed by atoms with van der Waals surface area (Å²) in [5.41, 5.74) is 3.19. The van der Waals surface area contributed by atoms with Crippen molar-refractivity contribution in [2.24, 2.45) is 0 Å². The number of nitrogens with zero attached hydrogens (tertiary/aromatic N) is 1. The van der Waals surface area contributed by atoms with Crippen LogP contribution in [0.5, 0.6) is 0 Å². The number of aromatic amines is 1. The Morgan fingerprint density at radius 2 is 2.38 bits per heavy atom. The number of carbonyl (C=O) groups excluding carboxylic acids is 1. The van der Waals surface area contributed by atoms with Crippen molar-refractivity contribution in [3.05, 3.63) is 42.0 Å². The molecule has 2 N–H and O–H groups in total. The molecule has 2 heterocycles. The van der Waals surface area contributed by atoms with Crippen LogP contribution >= 0.6 is 0 Å². The molecule has 82 valence electrons. The van der Waals surface area contributed by atoms with Crippen molar-refractivity contribution in [1.82, 2.24) is 9.97 Å². The fourth-order valence-electron chi connectivity index (χ4n) is 1.69. The molecular weight excluding hydrogens is 204 g/mol. The molecule has 0 saturated heterocycles. The van der Waals surface area contributed by atoms with Crippen LogP contribution in [0.4, 0.5) is 0 Å². The van der Waals surface area contributed by atoms with E-state index in [2.05, 4.69) is 9.97 Å². The van der Waals surface area contributed by atoms with E-state index in [1.807, 2.05) is 19.1 Å². The van der Waals surface area contributed by atoms with Gasteiger partial charge in [0, 0.05) is 29.7 Å². The van der Waals surface area contributed by atoms with Gasteiger partial charge in [-0.3, -0.25) is 9.78 Å². The van der Waals surface area contributed by atoms with Gasteiger partial charge in [-0.15, -0.1) is 0 Å². The number of rotatable bonds is 3. The van der Waals surface area contributed by atoms with E-state index in [1.54, 1.807) is 18.6 Å². The van der Waals surface area contributed by atoms with Crippen molar-refractivity contribution in [1.29, 1.82) is 0 Å². The zero-order valence-corrected chi connectivity index (χ0v) is 8.90. The van der Waals surface area contributed by atoms with Gasteiger partial charge < -0.3 is 10.1 Å². The second-order valence-corrected chi connectivity index (χ2v) is 3.53. The summed E-state index contributed by atoms with van der Waals surface area (Å²) < 4.78 is 0. The average Bonchev–Trinajstić information content (AvgIpc) is 2.71. The molecular formula is C12H12N2O2. The van der Waals surface area contributed by atoms with E-state index in [-0.39, 0.29) is 5.78 Å². The highest BCUT2D eigenvalue weighted by molar-refractivity contribution is 5.98. The van der Waals surface area contributed by atoms with Gasteiger partial charge in [0.15, 0.2) is 0 Å². The molecule has 0 fully saturated rings. The summed E-state index contributed by atoms with van der Waals surface area (Å²) in [6, 6.07) is 3.77. The smallest absolute Gasteiger partial charge is 0.204 e. The van der Waals surface area contributed by atoms with Crippen LogP contribution in [-0.4, -0.2) is 27.5 Å². The van der Waals surface area contributed by atoms with E-state index < -0.39 is 6.61 Å². The number of Topliss-reactive ketones (excluding diaryl/α,β-unsaturated/α-hetero) is 1. The van der Waals surface area contributed by atoms with Crippen LogP contribution in [0.15, 0.2) is 30.7 Å². The number of H-pyrrole nitrogens is 1. The third kappa shape index (κ3) is 1.75. The van der Waals surface area contributed by atoms with Crippen molar-refractivity contribution < 1.29 is 9.90 Å². The monoisotopic (exact) mass is 216 g/mol. The minimum atomic E-state index is -0.478. The number of aliphatic hydroxyl groups excluding tert-OH is 1. The minimum absolute atomic E-state index is 0.298. The molecule has 2 rings (SSSR count). The van der Waals surface area contributed by atoms with Crippen molar-refractivity contribution in [2.75, 3.05) is 6.61 Å². The molecule has 0 aromatic carbocycles. The summed E-state index contributed by atoms with van der Waals surface area (Å²) in [4.78, 5) is 18.3. The lowest BCUT2D eigenvalue weighted by molar-refractivity contribution is 0.0898. The molecule has 0 atom stereocenters. The van der Waals surface area contributed by atoms with Crippen molar-refractivity contribution in [3.8, 4) is 11.1 Å². The number of hydrogen-bond donors (Lipinski definition) is 2. The van der Waals surface area contributed by atoms with Gasteiger partial charge in [0.05, 0.1) is 5.69 Å². The molecule has 0 aliphatic rings. The van der Waals surface area contributed by atoms with Crippen LogP contribution < -0.4 is 0 Å². The fourth-order valence-corrected chi connectivity index (χ4v) is 1.69. The van der Waals surface area contributed by atoms with Gasteiger partial charge in [0.25, 0.3) is 0 Å². The van der Waals surface area contributed by atoms with Crippen molar-refractivity contribution in [2.45, 2.75) is 6.92 Å². The maximum absolute atomic E-state index is 11.4. The van der Waals surface area contributed by atoms with E-state index in [0.717, 1.165) is 16.7 Å². The van der Waals surface area contributed by atoms with Gasteiger partial charge in [0.1, 0.15) is 6.61 Å². The van der Waals surface area contributed by atoms with Crippen LogP contribution in [0, 0.1) is 6.92 Å². The lowest BCUT2D eigenvalue weighted by Crippen LogP contribution is -2.06. The number of aliphatic hydroxyl groups is 1. The Labute approximate surface area is 93.0 Å². The Morgan fingerprint density at radius 1 is 1.56 bits per heavy atom. The van der Waals surface area contributed by atoms with Crippen molar-refractivity contribution in [3.63, 3.8) is 0 Å². The molecule has 0 spiro atoms. The molecule has 0 bridgehead atoms. The first-order valence-electron chi connectivity index (χ1n) is 4.96. The fraction of sp³-hybridized carbons (Fsp3) is 0.167. The number of aromatic nitrogens is 2. The third-order valence-electron chi connectivity index (χ3n) is 2.53. The van der Waals surface area contributed by atoms with Gasteiger partial charge in [-0.1, -0.05) is 6.07 Å². The highest BCUT2D eigenvalue weighted by Crippen LogP contribution is 2.24. The van der Waals surface area contributed by atoms with E-state index >= 15 is 0 Å². The van der Waals surface area contributed by atoms with Crippen LogP contribution in [0.2, 0.25) is 0 Å². The molecule has 0 aliphatic carbocycles. The molecule has 2 aromatic heterocycles. The Hall–Kier alpha value is -1.94. The zero-order valence-electron chi connectivity index (χ0n) is 8.90. The number of pyridine rings is 1. The van der Waals surface area contributed by atoms with Crippen LogP contribution in [0.25, 0.3) is 11.1 Å². The first-order chi connectivity index (χ1) is 7.74. The molecule has 0 radical (unpaired) electrons. The summed E-state index contributed by atoms with van der Waals surface area (Å²) in [5, 5.41) is 8.81. The van der Waals surface area contributed by atoms with E-state index in [4.69, 9.17) is 5.11 Å². The van der Waals surface area contributed by atoms with Gasteiger partial charge >= 0.3 is 0 Å². The first-order valence-corrected chi connectivity index (χ1v) is 4.96. The highest BCUT2D eigenvalue weighted by atomic mass is 16.3. The Bertz CT molecular complexity index is 503. The first kappa shape index (κ1) is 10.6. The summed E-state index contributed by atoms with van der Waals surface area (Å²) in [7, 11) is 0. The van der Waals surface area contributed by atoms with Gasteiger partial charge in [-0.05, 0) is 18.6 Å². The van der Waals surface area contributed by atoms with Gasteiger partial charge in [-0.2, -0.15) is 0 Å². The molecule has 4 heteroatoms. The maximum atomic E-state index is 11.4. The third-order valence-corrected chi connectivity index (χ3v) is 2.53. The Kier molecular flexibility index (Phi) is 2.83. The highest BCUT2D eigenvalue weighted by Gasteiger charge is 2.14. The van der Waals surface area contributed by atoms with Gasteiger partial charge in [0.2, 0.25) is 5.78 Å². The lowest BCUT2D eigenvalue weighted by Gasteiger charge is -2.00. The van der Waals surface area contributed by atoms with Crippen LogP contribution in [0.1, 0.15) is 16.1 Å².